The Morgan fingerprint density at radius 3 is 2.79 bits per heavy atom. The van der Waals surface area contributed by atoms with Crippen LogP contribution in [0.3, 0.4) is 0 Å². The van der Waals surface area contributed by atoms with Crippen LogP contribution < -0.4 is 5.32 Å². The van der Waals surface area contributed by atoms with Crippen molar-refractivity contribution in [2.75, 3.05) is 20.1 Å². The lowest BCUT2D eigenvalue weighted by Gasteiger charge is -2.18. The molecule has 0 unspecified atom stereocenters. The predicted octanol–water partition coefficient (Wildman–Crippen LogP) is 2.81. The van der Waals surface area contributed by atoms with Gasteiger partial charge in [-0.1, -0.05) is 24.3 Å². The van der Waals surface area contributed by atoms with Crippen LogP contribution in [0.25, 0.3) is 0 Å². The van der Waals surface area contributed by atoms with E-state index in [1.54, 1.807) is 12.5 Å². The third kappa shape index (κ3) is 4.54. The van der Waals surface area contributed by atoms with E-state index in [1.807, 2.05) is 6.07 Å². The van der Waals surface area contributed by atoms with Gasteiger partial charge in [0.15, 0.2) is 0 Å². The number of hydrogen-bond acceptors (Lipinski definition) is 3. The summed E-state index contributed by atoms with van der Waals surface area (Å²) in [5.41, 5.74) is 3.96. The van der Waals surface area contributed by atoms with Crippen LogP contribution in [0.15, 0.2) is 47.3 Å². The van der Waals surface area contributed by atoms with Crippen molar-refractivity contribution < 1.29 is 4.42 Å². The van der Waals surface area contributed by atoms with Crippen LogP contribution in [0.5, 0.6) is 0 Å². The lowest BCUT2D eigenvalue weighted by molar-refractivity contribution is 0.323. The maximum Gasteiger partial charge on any atom is 0.0947 e. The predicted molar refractivity (Wildman–Crippen MR) is 77.9 cm³/mol. The minimum Gasteiger partial charge on any atom is -0.472 e. The van der Waals surface area contributed by atoms with Crippen molar-refractivity contribution >= 4 is 0 Å². The molecule has 0 aliphatic heterocycles. The molecule has 0 aliphatic rings. The molecule has 0 atom stereocenters. The summed E-state index contributed by atoms with van der Waals surface area (Å²) < 4.78 is 5.03. The Kier molecular flexibility index (Phi) is 5.19. The topological polar surface area (TPSA) is 28.4 Å². The quantitative estimate of drug-likeness (QED) is 0.774. The molecule has 1 N–H and O–H groups in total. The maximum absolute atomic E-state index is 5.03. The highest BCUT2D eigenvalue weighted by atomic mass is 16.3. The highest BCUT2D eigenvalue weighted by molar-refractivity contribution is 5.25. The van der Waals surface area contributed by atoms with E-state index in [4.69, 9.17) is 4.42 Å². The van der Waals surface area contributed by atoms with E-state index in [-0.39, 0.29) is 0 Å². The van der Waals surface area contributed by atoms with Crippen molar-refractivity contribution in [2.24, 2.45) is 0 Å². The Bertz CT molecular complexity index is 479. The highest BCUT2D eigenvalue weighted by Crippen LogP contribution is 2.08. The van der Waals surface area contributed by atoms with Gasteiger partial charge < -0.3 is 14.6 Å². The minimum absolute atomic E-state index is 0.870. The van der Waals surface area contributed by atoms with Gasteiger partial charge in [0.2, 0.25) is 0 Å². The first kappa shape index (κ1) is 13.8. The lowest BCUT2D eigenvalue weighted by Crippen LogP contribution is -2.28. The van der Waals surface area contributed by atoms with Crippen molar-refractivity contribution in [2.45, 2.75) is 20.0 Å². The van der Waals surface area contributed by atoms with Crippen molar-refractivity contribution in [3.05, 3.63) is 59.5 Å². The number of nitrogens with one attached hydrogen (secondary N) is 1. The third-order valence-corrected chi connectivity index (χ3v) is 3.28. The second-order valence-corrected chi connectivity index (χ2v) is 4.97. The molecule has 19 heavy (non-hydrogen) atoms. The van der Waals surface area contributed by atoms with Gasteiger partial charge in [-0.15, -0.1) is 0 Å². The van der Waals surface area contributed by atoms with Gasteiger partial charge in [-0.3, -0.25) is 0 Å². The maximum atomic E-state index is 5.03. The monoisotopic (exact) mass is 258 g/mol. The molecule has 0 amide bonds. The molecule has 2 aromatic rings. The van der Waals surface area contributed by atoms with E-state index in [0.29, 0.717) is 0 Å². The highest BCUT2D eigenvalue weighted by Gasteiger charge is 2.02. The van der Waals surface area contributed by atoms with Gasteiger partial charge in [-0.25, -0.2) is 0 Å². The fourth-order valence-corrected chi connectivity index (χ4v) is 2.05. The zero-order valence-electron chi connectivity index (χ0n) is 11.7. The summed E-state index contributed by atoms with van der Waals surface area (Å²) in [6.45, 7) is 6.05. The van der Waals surface area contributed by atoms with E-state index in [9.17, 15) is 0 Å². The van der Waals surface area contributed by atoms with Gasteiger partial charge in [-0.2, -0.15) is 0 Å². The molecule has 2 rings (SSSR count). The molecule has 1 aromatic heterocycles. The van der Waals surface area contributed by atoms with Crippen LogP contribution in [0, 0.1) is 6.92 Å². The summed E-state index contributed by atoms with van der Waals surface area (Å²) >= 11 is 0. The first-order valence-corrected chi connectivity index (χ1v) is 6.70. The fourth-order valence-electron chi connectivity index (χ4n) is 2.05. The molecule has 0 bridgehead atoms. The third-order valence-electron chi connectivity index (χ3n) is 3.28. The fraction of sp³-hybridized carbons (Fsp3) is 0.375. The molecule has 1 heterocycles. The zero-order valence-corrected chi connectivity index (χ0v) is 11.7. The normalized spacial score (nSPS) is 11.1. The molecule has 0 radical (unpaired) electrons. The first-order chi connectivity index (χ1) is 9.25. The molecular weight excluding hydrogens is 236 g/mol. The second kappa shape index (κ2) is 7.12. The van der Waals surface area contributed by atoms with Gasteiger partial charge in [0, 0.05) is 31.7 Å². The summed E-state index contributed by atoms with van der Waals surface area (Å²) in [5, 5.41) is 3.42. The summed E-state index contributed by atoms with van der Waals surface area (Å²) in [5.74, 6) is 0. The zero-order chi connectivity index (χ0) is 13.5. The standard InChI is InChI=1S/C16H22N2O/c1-14-5-3-4-6-16(14)12-18(2)9-8-17-11-15-7-10-19-13-15/h3-7,10,13,17H,8-9,11-12H2,1-2H3. The van der Waals surface area contributed by atoms with Crippen LogP contribution in [-0.2, 0) is 13.1 Å². The van der Waals surface area contributed by atoms with Crippen molar-refractivity contribution in [3.8, 4) is 0 Å². The Morgan fingerprint density at radius 2 is 2.05 bits per heavy atom. The average molecular weight is 258 g/mol. The number of likely N-dealkylation sites (N-methyl/N-ethyl adjacent to an activating group) is 1. The van der Waals surface area contributed by atoms with Crippen molar-refractivity contribution in [1.29, 1.82) is 0 Å². The van der Waals surface area contributed by atoms with Crippen LogP contribution in [0.4, 0.5) is 0 Å². The summed E-state index contributed by atoms with van der Waals surface area (Å²) in [6, 6.07) is 10.5. The van der Waals surface area contributed by atoms with Gasteiger partial charge in [0.1, 0.15) is 0 Å². The van der Waals surface area contributed by atoms with Gasteiger partial charge in [0.25, 0.3) is 0 Å². The molecule has 0 saturated heterocycles. The summed E-state index contributed by atoms with van der Waals surface area (Å²) in [4.78, 5) is 2.34. The molecule has 0 spiro atoms. The van der Waals surface area contributed by atoms with Gasteiger partial charge in [0.05, 0.1) is 12.5 Å². The van der Waals surface area contributed by atoms with Crippen molar-refractivity contribution in [1.82, 2.24) is 10.2 Å². The number of hydrogen-bond donors (Lipinski definition) is 1. The van der Waals surface area contributed by atoms with Crippen LogP contribution in [0.2, 0.25) is 0 Å². The van der Waals surface area contributed by atoms with E-state index in [2.05, 4.69) is 48.5 Å². The number of aryl methyl sites for hydroxylation is 1. The number of nitrogens with zero attached hydrogens (tertiary/aromatic N) is 1. The summed E-state index contributed by atoms with van der Waals surface area (Å²) in [7, 11) is 2.16. The minimum atomic E-state index is 0.870. The molecular formula is C16H22N2O. The smallest absolute Gasteiger partial charge is 0.0947 e. The number of furan rings is 1. The molecule has 3 nitrogen and oxygen atoms in total. The lowest BCUT2D eigenvalue weighted by atomic mass is 10.1. The molecule has 0 aliphatic carbocycles. The van der Waals surface area contributed by atoms with Crippen molar-refractivity contribution in [3.63, 3.8) is 0 Å². The van der Waals surface area contributed by atoms with E-state index < -0.39 is 0 Å². The van der Waals surface area contributed by atoms with E-state index in [1.165, 1.54) is 16.7 Å². The van der Waals surface area contributed by atoms with Gasteiger partial charge >= 0.3 is 0 Å². The van der Waals surface area contributed by atoms with Crippen LogP contribution >= 0.6 is 0 Å². The Balaban J connectivity index is 1.67. The van der Waals surface area contributed by atoms with Gasteiger partial charge in [-0.05, 0) is 31.2 Å². The molecule has 0 saturated carbocycles. The Labute approximate surface area is 115 Å². The van der Waals surface area contributed by atoms with Crippen LogP contribution in [0.1, 0.15) is 16.7 Å². The summed E-state index contributed by atoms with van der Waals surface area (Å²) in [6.07, 6.45) is 3.49. The Morgan fingerprint density at radius 1 is 1.21 bits per heavy atom. The average Bonchev–Trinajstić information content (AvgIpc) is 2.91. The Hall–Kier alpha value is -1.58. The molecule has 3 heteroatoms. The largest absolute Gasteiger partial charge is 0.472 e. The second-order valence-electron chi connectivity index (χ2n) is 4.97. The molecule has 1 aromatic carbocycles. The molecule has 0 fully saturated rings. The van der Waals surface area contributed by atoms with E-state index in [0.717, 1.165) is 26.2 Å². The number of benzene rings is 1. The molecule has 102 valence electrons. The van der Waals surface area contributed by atoms with E-state index >= 15 is 0 Å². The SMILES string of the molecule is Cc1ccccc1CN(C)CCNCc1ccoc1. The first-order valence-electron chi connectivity index (χ1n) is 6.70. The van der Waals surface area contributed by atoms with Crippen LogP contribution in [-0.4, -0.2) is 25.0 Å². The number of rotatable bonds is 7.